The summed E-state index contributed by atoms with van der Waals surface area (Å²) in [5.41, 5.74) is 1.91. The third-order valence-electron chi connectivity index (χ3n) is 4.43. The van der Waals surface area contributed by atoms with Gasteiger partial charge in [-0.25, -0.2) is 4.98 Å². The molecule has 0 spiro atoms. The average molecular weight is 306 g/mol. The standard InChI is InChI=1S/C20H22N2O/c1-3-20(23,18-12-8-5-9-13-18)19-14-21-16(2)22(19)15-17-10-6-4-7-11-17/h4-14,23H,3,15H2,1-2H3. The van der Waals surface area contributed by atoms with Gasteiger partial charge in [-0.05, 0) is 24.5 Å². The predicted octanol–water partition coefficient (Wildman–Crippen LogP) is 3.89. The van der Waals surface area contributed by atoms with E-state index in [-0.39, 0.29) is 0 Å². The van der Waals surface area contributed by atoms with Gasteiger partial charge in [0.25, 0.3) is 0 Å². The van der Waals surface area contributed by atoms with Crippen LogP contribution >= 0.6 is 0 Å². The van der Waals surface area contributed by atoms with Gasteiger partial charge < -0.3 is 9.67 Å². The van der Waals surface area contributed by atoms with Crippen molar-refractivity contribution in [3.05, 3.63) is 89.5 Å². The largest absolute Gasteiger partial charge is 0.379 e. The molecule has 0 fully saturated rings. The summed E-state index contributed by atoms with van der Waals surface area (Å²) in [5.74, 6) is 0.909. The number of aliphatic hydroxyl groups is 1. The molecule has 0 bridgehead atoms. The van der Waals surface area contributed by atoms with Crippen LogP contribution in [0.4, 0.5) is 0 Å². The highest BCUT2D eigenvalue weighted by molar-refractivity contribution is 5.33. The number of aromatic nitrogens is 2. The van der Waals surface area contributed by atoms with Crippen LogP contribution in [0.25, 0.3) is 0 Å². The molecule has 3 aromatic rings. The van der Waals surface area contributed by atoms with E-state index in [0.717, 1.165) is 17.1 Å². The van der Waals surface area contributed by atoms with E-state index in [2.05, 4.69) is 21.7 Å². The van der Waals surface area contributed by atoms with E-state index in [1.807, 2.05) is 62.4 Å². The maximum Gasteiger partial charge on any atom is 0.131 e. The number of imidazole rings is 1. The first-order valence-electron chi connectivity index (χ1n) is 7.99. The summed E-state index contributed by atoms with van der Waals surface area (Å²) >= 11 is 0. The van der Waals surface area contributed by atoms with Gasteiger partial charge in [0.05, 0.1) is 11.9 Å². The molecular weight excluding hydrogens is 284 g/mol. The second kappa shape index (κ2) is 6.39. The summed E-state index contributed by atoms with van der Waals surface area (Å²) in [5, 5.41) is 11.4. The molecule has 2 aromatic carbocycles. The lowest BCUT2D eigenvalue weighted by Crippen LogP contribution is -2.30. The Morgan fingerprint density at radius 1 is 1.00 bits per heavy atom. The highest BCUT2D eigenvalue weighted by Crippen LogP contribution is 2.33. The van der Waals surface area contributed by atoms with Crippen LogP contribution in [0, 0.1) is 6.92 Å². The van der Waals surface area contributed by atoms with Gasteiger partial charge in [-0.1, -0.05) is 67.6 Å². The van der Waals surface area contributed by atoms with Crippen molar-refractivity contribution in [2.45, 2.75) is 32.4 Å². The molecule has 0 saturated heterocycles. The number of aryl methyl sites for hydroxylation is 1. The first kappa shape index (κ1) is 15.5. The molecule has 1 N–H and O–H groups in total. The highest BCUT2D eigenvalue weighted by atomic mass is 16.3. The molecule has 0 aliphatic carbocycles. The van der Waals surface area contributed by atoms with Crippen molar-refractivity contribution in [3.8, 4) is 0 Å². The normalized spacial score (nSPS) is 13.7. The fraction of sp³-hybridized carbons (Fsp3) is 0.250. The van der Waals surface area contributed by atoms with Crippen molar-refractivity contribution >= 4 is 0 Å². The summed E-state index contributed by atoms with van der Waals surface area (Å²) in [7, 11) is 0. The van der Waals surface area contributed by atoms with Gasteiger partial charge in [-0.15, -0.1) is 0 Å². The van der Waals surface area contributed by atoms with Crippen molar-refractivity contribution in [1.29, 1.82) is 0 Å². The average Bonchev–Trinajstić information content (AvgIpc) is 2.97. The van der Waals surface area contributed by atoms with E-state index in [1.165, 1.54) is 5.56 Å². The Kier molecular flexibility index (Phi) is 4.30. The SMILES string of the molecule is CCC(O)(c1ccccc1)c1cnc(C)n1Cc1ccccc1. The number of hydrogen-bond donors (Lipinski definition) is 1. The van der Waals surface area contributed by atoms with Gasteiger partial charge in [0.1, 0.15) is 11.4 Å². The Balaban J connectivity index is 2.06. The van der Waals surface area contributed by atoms with Crippen molar-refractivity contribution < 1.29 is 5.11 Å². The Morgan fingerprint density at radius 2 is 1.61 bits per heavy atom. The van der Waals surface area contributed by atoms with Gasteiger partial charge in [0.2, 0.25) is 0 Å². The fourth-order valence-corrected chi connectivity index (χ4v) is 3.01. The van der Waals surface area contributed by atoms with Crippen molar-refractivity contribution in [1.82, 2.24) is 9.55 Å². The molecule has 0 aliphatic rings. The number of benzene rings is 2. The van der Waals surface area contributed by atoms with Crippen LogP contribution in [0.3, 0.4) is 0 Å². The second-order valence-corrected chi connectivity index (χ2v) is 5.84. The minimum absolute atomic E-state index is 0.594. The van der Waals surface area contributed by atoms with Crippen molar-refractivity contribution in [2.75, 3.05) is 0 Å². The van der Waals surface area contributed by atoms with Crippen LogP contribution in [-0.2, 0) is 12.1 Å². The van der Waals surface area contributed by atoms with Gasteiger partial charge >= 0.3 is 0 Å². The molecule has 0 amide bonds. The molecule has 0 saturated carbocycles. The number of rotatable bonds is 5. The third-order valence-corrected chi connectivity index (χ3v) is 4.43. The summed E-state index contributed by atoms with van der Waals surface area (Å²) in [6, 6.07) is 20.1. The first-order chi connectivity index (χ1) is 11.1. The Morgan fingerprint density at radius 3 is 2.22 bits per heavy atom. The van der Waals surface area contributed by atoms with Gasteiger partial charge in [-0.2, -0.15) is 0 Å². The van der Waals surface area contributed by atoms with E-state index < -0.39 is 5.60 Å². The Labute approximate surface area is 137 Å². The number of hydrogen-bond acceptors (Lipinski definition) is 2. The van der Waals surface area contributed by atoms with E-state index >= 15 is 0 Å². The topological polar surface area (TPSA) is 38.1 Å². The molecule has 118 valence electrons. The van der Waals surface area contributed by atoms with Crippen molar-refractivity contribution in [2.24, 2.45) is 0 Å². The molecule has 23 heavy (non-hydrogen) atoms. The van der Waals surface area contributed by atoms with Gasteiger partial charge in [-0.3, -0.25) is 0 Å². The lowest BCUT2D eigenvalue weighted by atomic mass is 9.88. The smallest absolute Gasteiger partial charge is 0.131 e. The minimum Gasteiger partial charge on any atom is -0.379 e. The molecule has 1 aromatic heterocycles. The number of nitrogens with zero attached hydrogens (tertiary/aromatic N) is 2. The molecule has 0 aliphatic heterocycles. The molecule has 3 rings (SSSR count). The van der Waals surface area contributed by atoms with Crippen LogP contribution in [0.15, 0.2) is 66.9 Å². The summed E-state index contributed by atoms with van der Waals surface area (Å²) in [6.45, 7) is 4.69. The fourth-order valence-electron chi connectivity index (χ4n) is 3.01. The molecule has 1 unspecified atom stereocenters. The lowest BCUT2D eigenvalue weighted by Gasteiger charge is -2.29. The van der Waals surface area contributed by atoms with Crippen LogP contribution in [0.1, 0.15) is 36.0 Å². The molecule has 1 atom stereocenters. The minimum atomic E-state index is -1.03. The van der Waals surface area contributed by atoms with E-state index in [0.29, 0.717) is 13.0 Å². The van der Waals surface area contributed by atoms with Gasteiger partial charge in [0.15, 0.2) is 0 Å². The van der Waals surface area contributed by atoms with E-state index in [9.17, 15) is 5.11 Å². The first-order valence-corrected chi connectivity index (χ1v) is 7.99. The zero-order chi connectivity index (χ0) is 16.3. The monoisotopic (exact) mass is 306 g/mol. The van der Waals surface area contributed by atoms with Crippen LogP contribution < -0.4 is 0 Å². The van der Waals surface area contributed by atoms with E-state index in [1.54, 1.807) is 6.20 Å². The zero-order valence-corrected chi connectivity index (χ0v) is 13.6. The second-order valence-electron chi connectivity index (χ2n) is 5.84. The van der Waals surface area contributed by atoms with Gasteiger partial charge in [0, 0.05) is 6.54 Å². The molecule has 0 radical (unpaired) electrons. The van der Waals surface area contributed by atoms with Crippen LogP contribution in [-0.4, -0.2) is 14.7 Å². The quantitative estimate of drug-likeness (QED) is 0.776. The Bertz CT molecular complexity index is 765. The van der Waals surface area contributed by atoms with E-state index in [4.69, 9.17) is 0 Å². The molecular formula is C20H22N2O. The lowest BCUT2D eigenvalue weighted by molar-refractivity contribution is 0.0681. The maximum atomic E-state index is 11.4. The van der Waals surface area contributed by atoms with Crippen LogP contribution in [0.2, 0.25) is 0 Å². The summed E-state index contributed by atoms with van der Waals surface area (Å²) in [4.78, 5) is 4.46. The van der Waals surface area contributed by atoms with Crippen molar-refractivity contribution in [3.63, 3.8) is 0 Å². The zero-order valence-electron chi connectivity index (χ0n) is 13.6. The highest BCUT2D eigenvalue weighted by Gasteiger charge is 2.33. The molecule has 1 heterocycles. The molecule has 3 nitrogen and oxygen atoms in total. The predicted molar refractivity (Wildman–Crippen MR) is 92.2 cm³/mol. The molecule has 3 heteroatoms. The summed E-state index contributed by atoms with van der Waals surface area (Å²) < 4.78 is 2.10. The van der Waals surface area contributed by atoms with Crippen LogP contribution in [0.5, 0.6) is 0 Å². The Hall–Kier alpha value is -2.39. The maximum absolute atomic E-state index is 11.4. The summed E-state index contributed by atoms with van der Waals surface area (Å²) in [6.07, 6.45) is 2.39. The third kappa shape index (κ3) is 2.92.